The van der Waals surface area contributed by atoms with Gasteiger partial charge in [-0.3, -0.25) is 4.98 Å². The van der Waals surface area contributed by atoms with E-state index in [2.05, 4.69) is 16.0 Å². The van der Waals surface area contributed by atoms with Crippen molar-refractivity contribution < 1.29 is 5.11 Å². The Labute approximate surface area is 164 Å². The first-order valence-electron chi connectivity index (χ1n) is 8.37. The minimum Gasteiger partial charge on any atom is -0.510 e. The molecule has 0 spiro atoms. The van der Waals surface area contributed by atoms with Gasteiger partial charge < -0.3 is 5.11 Å². The molecule has 132 valence electrons. The van der Waals surface area contributed by atoms with Crippen molar-refractivity contribution in [3.05, 3.63) is 71.6 Å². The van der Waals surface area contributed by atoms with Gasteiger partial charge >= 0.3 is 0 Å². The minimum atomic E-state index is -0.294. The molecule has 4 nitrogen and oxygen atoms in total. The number of hydrogen-bond acceptors (Lipinski definition) is 6. The Morgan fingerprint density at radius 3 is 2.63 bits per heavy atom. The molecule has 1 unspecified atom stereocenters. The monoisotopic (exact) mass is 389 g/mol. The van der Waals surface area contributed by atoms with Crippen LogP contribution in [-0.4, -0.2) is 20.3 Å². The zero-order chi connectivity index (χ0) is 18.8. The Morgan fingerprint density at radius 1 is 1.11 bits per heavy atom. The number of allylic oxidation sites excluding steroid dienone is 1. The molecule has 0 aliphatic carbocycles. The molecule has 1 N–H and O–H groups in total. The van der Waals surface area contributed by atoms with Crippen molar-refractivity contribution >= 4 is 49.8 Å². The van der Waals surface area contributed by atoms with Crippen LogP contribution in [0.15, 0.2) is 71.4 Å². The lowest BCUT2D eigenvalue weighted by molar-refractivity contribution is 0.402. The SMILES string of the molecule is CC(Sc1ccnc2ccccc12)/C(O)=C(\C#N)c1nc2ccccc2s1. The maximum Gasteiger partial charge on any atom is 0.138 e. The molecule has 2 aromatic heterocycles. The predicted octanol–water partition coefficient (Wildman–Crippen LogP) is 5.82. The van der Waals surface area contributed by atoms with Crippen molar-refractivity contribution in [3.63, 3.8) is 0 Å². The van der Waals surface area contributed by atoms with E-state index in [0.717, 1.165) is 26.0 Å². The zero-order valence-corrected chi connectivity index (χ0v) is 16.1. The number of aromatic nitrogens is 2. The second-order valence-electron chi connectivity index (χ2n) is 5.95. The zero-order valence-electron chi connectivity index (χ0n) is 14.5. The Hall–Kier alpha value is -2.88. The van der Waals surface area contributed by atoms with Crippen molar-refractivity contribution in [2.24, 2.45) is 0 Å². The van der Waals surface area contributed by atoms with Gasteiger partial charge in [0.15, 0.2) is 0 Å². The molecule has 0 aliphatic heterocycles. The van der Waals surface area contributed by atoms with E-state index in [1.165, 1.54) is 23.1 Å². The van der Waals surface area contributed by atoms with Gasteiger partial charge in [-0.05, 0) is 31.2 Å². The number of benzene rings is 2. The van der Waals surface area contributed by atoms with Gasteiger partial charge in [-0.1, -0.05) is 30.3 Å². The summed E-state index contributed by atoms with van der Waals surface area (Å²) in [7, 11) is 0. The van der Waals surface area contributed by atoms with Crippen molar-refractivity contribution in [2.45, 2.75) is 17.1 Å². The second-order valence-corrected chi connectivity index (χ2v) is 8.36. The van der Waals surface area contributed by atoms with Gasteiger partial charge in [-0.15, -0.1) is 23.1 Å². The number of rotatable bonds is 4. The fourth-order valence-electron chi connectivity index (χ4n) is 2.82. The first kappa shape index (κ1) is 17.5. The van der Waals surface area contributed by atoms with Crippen molar-refractivity contribution in [1.29, 1.82) is 5.26 Å². The molecule has 0 saturated carbocycles. The fraction of sp³-hybridized carbons (Fsp3) is 0.0952. The molecule has 0 amide bonds. The van der Waals surface area contributed by atoms with Crippen molar-refractivity contribution in [2.75, 3.05) is 0 Å². The number of nitriles is 1. The lowest BCUT2D eigenvalue weighted by atomic mass is 10.2. The predicted molar refractivity (Wildman–Crippen MR) is 112 cm³/mol. The van der Waals surface area contributed by atoms with Gasteiger partial charge in [0.1, 0.15) is 22.4 Å². The Balaban J connectivity index is 1.70. The van der Waals surface area contributed by atoms with Gasteiger partial charge in [0.2, 0.25) is 0 Å². The van der Waals surface area contributed by atoms with Crippen LogP contribution >= 0.6 is 23.1 Å². The summed E-state index contributed by atoms with van der Waals surface area (Å²) in [6.45, 7) is 1.89. The molecule has 27 heavy (non-hydrogen) atoms. The second kappa shape index (κ2) is 7.39. The van der Waals surface area contributed by atoms with Crippen LogP contribution in [0.3, 0.4) is 0 Å². The molecule has 0 aliphatic rings. The molecule has 4 rings (SSSR count). The van der Waals surface area contributed by atoms with Crippen LogP contribution in [0.5, 0.6) is 0 Å². The van der Waals surface area contributed by atoms with Crippen LogP contribution in [0.2, 0.25) is 0 Å². The van der Waals surface area contributed by atoms with E-state index in [4.69, 9.17) is 0 Å². The third-order valence-electron chi connectivity index (χ3n) is 4.17. The van der Waals surface area contributed by atoms with E-state index in [1.54, 1.807) is 6.20 Å². The lowest BCUT2D eigenvalue weighted by Crippen LogP contribution is -2.04. The van der Waals surface area contributed by atoms with E-state index in [9.17, 15) is 10.4 Å². The highest BCUT2D eigenvalue weighted by Gasteiger charge is 2.20. The summed E-state index contributed by atoms with van der Waals surface area (Å²) in [6.07, 6.45) is 1.76. The molecule has 0 saturated heterocycles. The number of nitrogens with zero attached hydrogens (tertiary/aromatic N) is 3. The number of hydrogen-bond donors (Lipinski definition) is 1. The van der Waals surface area contributed by atoms with Crippen molar-refractivity contribution in [1.82, 2.24) is 9.97 Å². The van der Waals surface area contributed by atoms with Crippen molar-refractivity contribution in [3.8, 4) is 6.07 Å². The van der Waals surface area contributed by atoms with E-state index < -0.39 is 0 Å². The maximum absolute atomic E-state index is 10.8. The molecule has 2 aromatic carbocycles. The molecular formula is C21H15N3OS2. The third kappa shape index (κ3) is 3.39. The van der Waals surface area contributed by atoms with E-state index in [0.29, 0.717) is 5.01 Å². The number of pyridine rings is 1. The van der Waals surface area contributed by atoms with Gasteiger partial charge in [-0.25, -0.2) is 4.98 Å². The molecule has 6 heteroatoms. The number of aliphatic hydroxyl groups is 1. The highest BCUT2D eigenvalue weighted by atomic mass is 32.2. The van der Waals surface area contributed by atoms with Crippen LogP contribution in [0, 0.1) is 11.3 Å². The largest absolute Gasteiger partial charge is 0.510 e. The summed E-state index contributed by atoms with van der Waals surface area (Å²) in [5.41, 5.74) is 1.97. The Kier molecular flexibility index (Phi) is 4.80. The molecule has 0 fully saturated rings. The molecule has 1 atom stereocenters. The standard InChI is InChI=1S/C21H15N3OS2/c1-13(26-18-10-11-23-16-7-3-2-6-14(16)18)20(25)15(12-22)21-24-17-8-4-5-9-19(17)27-21/h2-11,13,25H,1H3/b20-15-. The number of thiazole rings is 1. The van der Waals surface area contributed by atoms with Gasteiger partial charge in [0.05, 0.1) is 21.0 Å². The summed E-state index contributed by atoms with van der Waals surface area (Å²) in [5.74, 6) is 0.0439. The molecule has 0 bridgehead atoms. The van der Waals surface area contributed by atoms with E-state index in [1.807, 2.05) is 61.5 Å². The summed E-state index contributed by atoms with van der Waals surface area (Å²) in [5, 5.41) is 21.7. The molecular weight excluding hydrogens is 374 g/mol. The third-order valence-corrected chi connectivity index (χ3v) is 6.41. The maximum atomic E-state index is 10.8. The van der Waals surface area contributed by atoms with Gasteiger partial charge in [0.25, 0.3) is 0 Å². The first-order chi connectivity index (χ1) is 13.2. The Bertz CT molecular complexity index is 1170. The highest BCUT2D eigenvalue weighted by molar-refractivity contribution is 8.00. The number of thioether (sulfide) groups is 1. The lowest BCUT2D eigenvalue weighted by Gasteiger charge is -2.13. The average molecular weight is 390 g/mol. The smallest absolute Gasteiger partial charge is 0.138 e. The minimum absolute atomic E-state index is 0.0439. The average Bonchev–Trinajstić information content (AvgIpc) is 3.12. The summed E-state index contributed by atoms with van der Waals surface area (Å²) >= 11 is 2.92. The van der Waals surface area contributed by atoms with Crippen LogP contribution < -0.4 is 0 Å². The van der Waals surface area contributed by atoms with E-state index in [-0.39, 0.29) is 16.6 Å². The summed E-state index contributed by atoms with van der Waals surface area (Å²) in [6, 6.07) is 19.7. The summed E-state index contributed by atoms with van der Waals surface area (Å²) < 4.78 is 0.994. The molecule has 2 heterocycles. The topological polar surface area (TPSA) is 69.8 Å². The first-order valence-corrected chi connectivity index (χ1v) is 10.1. The fourth-order valence-corrected chi connectivity index (χ4v) is 4.83. The van der Waals surface area contributed by atoms with Crippen LogP contribution in [-0.2, 0) is 0 Å². The number of aliphatic hydroxyl groups excluding tert-OH is 1. The van der Waals surface area contributed by atoms with Gasteiger partial charge in [0, 0.05) is 16.5 Å². The van der Waals surface area contributed by atoms with Crippen LogP contribution in [0.1, 0.15) is 11.9 Å². The van der Waals surface area contributed by atoms with Crippen LogP contribution in [0.25, 0.3) is 26.7 Å². The van der Waals surface area contributed by atoms with E-state index >= 15 is 0 Å². The summed E-state index contributed by atoms with van der Waals surface area (Å²) in [4.78, 5) is 9.89. The van der Waals surface area contributed by atoms with Crippen LogP contribution in [0.4, 0.5) is 0 Å². The highest BCUT2D eigenvalue weighted by Crippen LogP contribution is 2.35. The Morgan fingerprint density at radius 2 is 1.85 bits per heavy atom. The van der Waals surface area contributed by atoms with Gasteiger partial charge in [-0.2, -0.15) is 5.26 Å². The number of fused-ring (bicyclic) bond motifs is 2. The normalized spacial score (nSPS) is 13.3. The molecule has 0 radical (unpaired) electrons. The quantitative estimate of drug-likeness (QED) is 0.271. The molecule has 4 aromatic rings. The number of para-hydroxylation sites is 2.